The summed E-state index contributed by atoms with van der Waals surface area (Å²) in [7, 11) is 1.69. The minimum atomic E-state index is 0.229. The number of methoxy groups -OCH3 is 1. The van der Waals surface area contributed by atoms with E-state index in [0.717, 1.165) is 37.5 Å². The largest absolute Gasteiger partial charge is 0.497 e. The summed E-state index contributed by atoms with van der Waals surface area (Å²) in [6.45, 7) is 1.87. The molecular formula is C16H21N5O. The van der Waals surface area contributed by atoms with Crippen molar-refractivity contribution < 1.29 is 4.74 Å². The van der Waals surface area contributed by atoms with Gasteiger partial charge in [0.25, 0.3) is 0 Å². The van der Waals surface area contributed by atoms with Crippen LogP contribution < -0.4 is 21.1 Å². The van der Waals surface area contributed by atoms with Gasteiger partial charge in [-0.25, -0.2) is 0 Å². The van der Waals surface area contributed by atoms with Crippen molar-refractivity contribution in [3.63, 3.8) is 0 Å². The maximum atomic E-state index is 5.74. The third-order valence-corrected chi connectivity index (χ3v) is 4.16. The molecule has 4 N–H and O–H groups in total. The van der Waals surface area contributed by atoms with Crippen LogP contribution in [0.1, 0.15) is 24.3 Å². The van der Waals surface area contributed by atoms with Crippen molar-refractivity contribution in [2.45, 2.75) is 18.8 Å². The SMILES string of the molecule is COc1ccc(C2CCN(c3cc(N)nc(N)n3)CC2)cc1. The van der Waals surface area contributed by atoms with Gasteiger partial charge in [0, 0.05) is 19.2 Å². The van der Waals surface area contributed by atoms with Gasteiger partial charge < -0.3 is 21.1 Å². The highest BCUT2D eigenvalue weighted by Crippen LogP contribution is 2.31. The zero-order valence-electron chi connectivity index (χ0n) is 12.7. The number of benzene rings is 1. The number of aromatic nitrogens is 2. The van der Waals surface area contributed by atoms with Crippen LogP contribution in [0.15, 0.2) is 30.3 Å². The fraction of sp³-hybridized carbons (Fsp3) is 0.375. The summed E-state index contributed by atoms with van der Waals surface area (Å²) in [6, 6.07) is 10.1. The topological polar surface area (TPSA) is 90.3 Å². The molecule has 22 heavy (non-hydrogen) atoms. The highest BCUT2D eigenvalue weighted by Gasteiger charge is 2.22. The van der Waals surface area contributed by atoms with Crippen LogP contribution in [0.4, 0.5) is 17.6 Å². The lowest BCUT2D eigenvalue weighted by atomic mass is 9.89. The van der Waals surface area contributed by atoms with Gasteiger partial charge in [-0.1, -0.05) is 12.1 Å². The number of anilines is 3. The molecule has 2 aromatic rings. The van der Waals surface area contributed by atoms with Crippen LogP contribution in [0.5, 0.6) is 5.75 Å². The van der Waals surface area contributed by atoms with Gasteiger partial charge in [-0.15, -0.1) is 0 Å². The van der Waals surface area contributed by atoms with E-state index in [2.05, 4.69) is 27.0 Å². The molecule has 0 amide bonds. The van der Waals surface area contributed by atoms with Crippen LogP contribution in [-0.2, 0) is 0 Å². The Balaban J connectivity index is 1.66. The van der Waals surface area contributed by atoms with Crippen molar-refractivity contribution in [1.29, 1.82) is 0 Å². The molecule has 1 aromatic carbocycles. The smallest absolute Gasteiger partial charge is 0.223 e. The number of ether oxygens (including phenoxy) is 1. The second kappa shape index (κ2) is 6.09. The van der Waals surface area contributed by atoms with Crippen molar-refractivity contribution in [3.8, 4) is 5.75 Å². The molecule has 6 nitrogen and oxygen atoms in total. The minimum absolute atomic E-state index is 0.229. The average Bonchev–Trinajstić information content (AvgIpc) is 2.54. The van der Waals surface area contributed by atoms with E-state index in [9.17, 15) is 0 Å². The van der Waals surface area contributed by atoms with Crippen molar-refractivity contribution in [2.24, 2.45) is 0 Å². The summed E-state index contributed by atoms with van der Waals surface area (Å²) < 4.78 is 5.21. The maximum absolute atomic E-state index is 5.74. The minimum Gasteiger partial charge on any atom is -0.497 e. The van der Waals surface area contributed by atoms with E-state index in [4.69, 9.17) is 16.2 Å². The molecule has 0 spiro atoms. The number of hydrogen-bond donors (Lipinski definition) is 2. The zero-order chi connectivity index (χ0) is 15.5. The molecule has 0 radical (unpaired) electrons. The third-order valence-electron chi connectivity index (χ3n) is 4.16. The predicted molar refractivity (Wildman–Crippen MR) is 88.0 cm³/mol. The number of nitrogens with zero attached hydrogens (tertiary/aromatic N) is 3. The fourth-order valence-electron chi connectivity index (χ4n) is 2.95. The maximum Gasteiger partial charge on any atom is 0.223 e. The normalized spacial score (nSPS) is 15.8. The third kappa shape index (κ3) is 3.05. The predicted octanol–water partition coefficient (Wildman–Crippen LogP) is 2.03. The Labute approximate surface area is 130 Å². The molecule has 3 rings (SSSR count). The Morgan fingerprint density at radius 3 is 2.36 bits per heavy atom. The second-order valence-electron chi connectivity index (χ2n) is 5.54. The lowest BCUT2D eigenvalue weighted by Crippen LogP contribution is -2.33. The number of hydrogen-bond acceptors (Lipinski definition) is 6. The Morgan fingerprint density at radius 1 is 1.09 bits per heavy atom. The van der Waals surface area contributed by atoms with Gasteiger partial charge >= 0.3 is 0 Å². The molecule has 0 saturated carbocycles. The van der Waals surface area contributed by atoms with Gasteiger partial charge in [-0.3, -0.25) is 0 Å². The molecule has 1 aliphatic heterocycles. The molecule has 6 heteroatoms. The second-order valence-corrected chi connectivity index (χ2v) is 5.54. The van der Waals surface area contributed by atoms with Gasteiger partial charge in [0.05, 0.1) is 7.11 Å². The molecule has 1 aliphatic rings. The van der Waals surface area contributed by atoms with E-state index in [-0.39, 0.29) is 5.95 Å². The first-order valence-corrected chi connectivity index (χ1v) is 7.44. The average molecular weight is 299 g/mol. The van der Waals surface area contributed by atoms with E-state index < -0.39 is 0 Å². The summed E-state index contributed by atoms with van der Waals surface area (Å²) in [5.41, 5.74) is 12.8. The van der Waals surface area contributed by atoms with Crippen molar-refractivity contribution in [1.82, 2.24) is 9.97 Å². The summed E-state index contributed by atoms with van der Waals surface area (Å²) in [5.74, 6) is 2.93. The quantitative estimate of drug-likeness (QED) is 0.901. The standard InChI is InChI=1S/C16H21N5O/c1-22-13-4-2-11(3-5-13)12-6-8-21(9-7-12)15-10-14(17)19-16(18)20-15/h2-5,10,12H,6-9H2,1H3,(H4,17,18,19,20). The number of piperidine rings is 1. The van der Waals surface area contributed by atoms with Crippen LogP contribution in [0.3, 0.4) is 0 Å². The van der Waals surface area contributed by atoms with E-state index in [1.807, 2.05) is 12.1 Å². The molecule has 116 valence electrons. The number of rotatable bonds is 3. The van der Waals surface area contributed by atoms with Gasteiger partial charge in [-0.2, -0.15) is 9.97 Å². The van der Waals surface area contributed by atoms with E-state index in [1.165, 1.54) is 5.56 Å². The molecule has 0 atom stereocenters. The van der Waals surface area contributed by atoms with Crippen LogP contribution in [0, 0.1) is 0 Å². The van der Waals surface area contributed by atoms with Crippen molar-refractivity contribution in [3.05, 3.63) is 35.9 Å². The molecule has 0 unspecified atom stereocenters. The first-order valence-electron chi connectivity index (χ1n) is 7.44. The molecule has 1 fully saturated rings. The van der Waals surface area contributed by atoms with Crippen molar-refractivity contribution in [2.75, 3.05) is 36.6 Å². The summed E-state index contributed by atoms with van der Waals surface area (Å²) in [5, 5.41) is 0. The first kappa shape index (κ1) is 14.4. The Bertz CT molecular complexity index is 615. The molecule has 2 heterocycles. The Hall–Kier alpha value is -2.50. The van der Waals surface area contributed by atoms with Gasteiger partial charge in [0.2, 0.25) is 5.95 Å². The van der Waals surface area contributed by atoms with E-state index in [1.54, 1.807) is 13.2 Å². The summed E-state index contributed by atoms with van der Waals surface area (Å²) in [4.78, 5) is 10.4. The van der Waals surface area contributed by atoms with Gasteiger partial charge in [-0.05, 0) is 36.5 Å². The monoisotopic (exact) mass is 299 g/mol. The Kier molecular flexibility index (Phi) is 4.00. The van der Waals surface area contributed by atoms with E-state index in [0.29, 0.717) is 11.7 Å². The molecule has 0 bridgehead atoms. The van der Waals surface area contributed by atoms with Crippen LogP contribution in [0.2, 0.25) is 0 Å². The van der Waals surface area contributed by atoms with Crippen LogP contribution in [0.25, 0.3) is 0 Å². The summed E-state index contributed by atoms with van der Waals surface area (Å²) >= 11 is 0. The molecule has 1 saturated heterocycles. The highest BCUT2D eigenvalue weighted by molar-refractivity contribution is 5.50. The Morgan fingerprint density at radius 2 is 1.77 bits per heavy atom. The molecular weight excluding hydrogens is 278 g/mol. The van der Waals surface area contributed by atoms with E-state index >= 15 is 0 Å². The fourth-order valence-corrected chi connectivity index (χ4v) is 2.95. The highest BCUT2D eigenvalue weighted by atomic mass is 16.5. The lowest BCUT2D eigenvalue weighted by molar-refractivity contribution is 0.414. The number of nitrogens with two attached hydrogens (primary N) is 2. The van der Waals surface area contributed by atoms with Gasteiger partial charge in [0.1, 0.15) is 17.4 Å². The van der Waals surface area contributed by atoms with Gasteiger partial charge in [0.15, 0.2) is 0 Å². The lowest BCUT2D eigenvalue weighted by Gasteiger charge is -2.33. The summed E-state index contributed by atoms with van der Waals surface area (Å²) in [6.07, 6.45) is 2.16. The molecule has 1 aromatic heterocycles. The zero-order valence-corrected chi connectivity index (χ0v) is 12.7. The van der Waals surface area contributed by atoms with Crippen molar-refractivity contribution >= 4 is 17.6 Å². The number of nitrogen functional groups attached to an aromatic ring is 2. The molecule has 0 aliphatic carbocycles. The van der Waals surface area contributed by atoms with Crippen LogP contribution >= 0.6 is 0 Å². The van der Waals surface area contributed by atoms with Crippen LogP contribution in [-0.4, -0.2) is 30.2 Å². The first-order chi connectivity index (χ1) is 10.7.